The van der Waals surface area contributed by atoms with E-state index in [-0.39, 0.29) is 12.0 Å². The molecule has 2 aliphatic rings. The smallest absolute Gasteiger partial charge is 0.308 e. The highest BCUT2D eigenvalue weighted by Crippen LogP contribution is 2.39. The van der Waals surface area contributed by atoms with Crippen LogP contribution >= 0.6 is 0 Å². The summed E-state index contributed by atoms with van der Waals surface area (Å²) in [5.41, 5.74) is 0.362. The first-order valence-electron chi connectivity index (χ1n) is 7.90. The number of carbonyl (C=O) groups is 1. The van der Waals surface area contributed by atoms with Crippen molar-refractivity contribution in [1.82, 2.24) is 4.90 Å². The average molecular weight is 267 g/mol. The zero-order valence-electron chi connectivity index (χ0n) is 12.7. The van der Waals surface area contributed by atoms with E-state index in [1.165, 1.54) is 19.3 Å². The summed E-state index contributed by atoms with van der Waals surface area (Å²) in [7, 11) is 0. The number of nitrogens with zero attached hydrogens (tertiary/aromatic N) is 1. The molecule has 1 saturated carbocycles. The lowest BCUT2D eigenvalue weighted by Crippen LogP contribution is -2.46. The molecule has 0 aromatic rings. The van der Waals surface area contributed by atoms with Gasteiger partial charge in [-0.15, -0.1) is 0 Å². The van der Waals surface area contributed by atoms with Crippen LogP contribution in [0.5, 0.6) is 0 Å². The van der Waals surface area contributed by atoms with Gasteiger partial charge in [-0.25, -0.2) is 0 Å². The van der Waals surface area contributed by atoms with Gasteiger partial charge in [0.25, 0.3) is 0 Å². The van der Waals surface area contributed by atoms with Gasteiger partial charge in [0.05, 0.1) is 5.92 Å². The third-order valence-corrected chi connectivity index (χ3v) is 5.12. The highest BCUT2D eigenvalue weighted by Gasteiger charge is 2.42. The molecule has 3 unspecified atom stereocenters. The van der Waals surface area contributed by atoms with E-state index in [1.807, 2.05) is 0 Å². The minimum Gasteiger partial charge on any atom is -0.481 e. The topological polar surface area (TPSA) is 40.5 Å². The number of rotatable bonds is 4. The van der Waals surface area contributed by atoms with Gasteiger partial charge in [-0.1, -0.05) is 33.6 Å². The molecule has 1 saturated heterocycles. The van der Waals surface area contributed by atoms with Crippen LogP contribution in [0.15, 0.2) is 0 Å². The number of carboxylic acids is 1. The van der Waals surface area contributed by atoms with Gasteiger partial charge in [-0.3, -0.25) is 9.69 Å². The molecule has 0 aromatic carbocycles. The molecule has 19 heavy (non-hydrogen) atoms. The summed E-state index contributed by atoms with van der Waals surface area (Å²) < 4.78 is 0. The third kappa shape index (κ3) is 3.50. The van der Waals surface area contributed by atoms with Crippen molar-refractivity contribution in [2.75, 3.05) is 13.1 Å². The number of hydrogen-bond acceptors (Lipinski definition) is 2. The van der Waals surface area contributed by atoms with E-state index in [9.17, 15) is 9.90 Å². The van der Waals surface area contributed by atoms with Crippen molar-refractivity contribution < 1.29 is 9.90 Å². The first-order chi connectivity index (χ1) is 8.93. The second-order valence-electron chi connectivity index (χ2n) is 7.36. The Labute approximate surface area is 117 Å². The summed E-state index contributed by atoms with van der Waals surface area (Å²) in [6.45, 7) is 8.99. The van der Waals surface area contributed by atoms with Gasteiger partial charge in [0.1, 0.15) is 0 Å². The van der Waals surface area contributed by atoms with Crippen LogP contribution in [0.25, 0.3) is 0 Å². The SMILES string of the molecule is CCCC1CCC(C(=O)O)C(N2CCC(C)(C)C2)C1. The van der Waals surface area contributed by atoms with E-state index in [4.69, 9.17) is 0 Å². The second-order valence-corrected chi connectivity index (χ2v) is 7.36. The highest BCUT2D eigenvalue weighted by molar-refractivity contribution is 5.71. The molecule has 3 nitrogen and oxygen atoms in total. The minimum absolute atomic E-state index is 0.137. The maximum atomic E-state index is 11.5. The van der Waals surface area contributed by atoms with E-state index < -0.39 is 5.97 Å². The van der Waals surface area contributed by atoms with Crippen molar-refractivity contribution in [1.29, 1.82) is 0 Å². The van der Waals surface area contributed by atoms with Crippen molar-refractivity contribution >= 4 is 5.97 Å². The fraction of sp³-hybridized carbons (Fsp3) is 0.938. The largest absolute Gasteiger partial charge is 0.481 e. The predicted molar refractivity (Wildman–Crippen MR) is 77.1 cm³/mol. The number of carboxylic acid groups (broad SMARTS) is 1. The van der Waals surface area contributed by atoms with Crippen LogP contribution in [-0.4, -0.2) is 35.1 Å². The minimum atomic E-state index is -0.579. The van der Waals surface area contributed by atoms with Crippen LogP contribution in [0, 0.1) is 17.3 Å². The molecule has 1 heterocycles. The first-order valence-corrected chi connectivity index (χ1v) is 7.90. The van der Waals surface area contributed by atoms with E-state index in [1.54, 1.807) is 0 Å². The van der Waals surface area contributed by atoms with E-state index in [2.05, 4.69) is 25.7 Å². The Morgan fingerprint density at radius 3 is 2.63 bits per heavy atom. The fourth-order valence-electron chi connectivity index (χ4n) is 4.03. The van der Waals surface area contributed by atoms with Gasteiger partial charge in [-0.05, 0) is 43.6 Å². The van der Waals surface area contributed by atoms with Gasteiger partial charge in [-0.2, -0.15) is 0 Å². The lowest BCUT2D eigenvalue weighted by atomic mass is 9.76. The summed E-state index contributed by atoms with van der Waals surface area (Å²) >= 11 is 0. The van der Waals surface area contributed by atoms with Crippen LogP contribution in [0.3, 0.4) is 0 Å². The van der Waals surface area contributed by atoms with Crippen molar-refractivity contribution in [2.24, 2.45) is 17.3 Å². The monoisotopic (exact) mass is 267 g/mol. The Morgan fingerprint density at radius 1 is 1.37 bits per heavy atom. The Balaban J connectivity index is 2.05. The van der Waals surface area contributed by atoms with Crippen LogP contribution in [-0.2, 0) is 4.79 Å². The second kappa shape index (κ2) is 5.82. The first kappa shape index (κ1) is 14.8. The maximum Gasteiger partial charge on any atom is 0.308 e. The number of likely N-dealkylation sites (tertiary alicyclic amines) is 1. The van der Waals surface area contributed by atoms with Gasteiger partial charge in [0.15, 0.2) is 0 Å². The zero-order valence-corrected chi connectivity index (χ0v) is 12.7. The molecule has 0 bridgehead atoms. The summed E-state index contributed by atoms with van der Waals surface area (Å²) in [5.74, 6) is 0.0287. The summed E-state index contributed by atoms with van der Waals surface area (Å²) in [6.07, 6.45) is 6.77. The van der Waals surface area contributed by atoms with Gasteiger partial charge >= 0.3 is 5.97 Å². The molecule has 0 radical (unpaired) electrons. The quantitative estimate of drug-likeness (QED) is 0.849. The molecule has 1 N–H and O–H groups in total. The van der Waals surface area contributed by atoms with Gasteiger partial charge in [0, 0.05) is 12.6 Å². The Kier molecular flexibility index (Phi) is 4.54. The van der Waals surface area contributed by atoms with Gasteiger partial charge in [0.2, 0.25) is 0 Å². The lowest BCUT2D eigenvalue weighted by Gasteiger charge is -2.40. The number of hydrogen-bond donors (Lipinski definition) is 1. The van der Waals surface area contributed by atoms with Crippen molar-refractivity contribution in [3.8, 4) is 0 Å². The third-order valence-electron chi connectivity index (χ3n) is 5.12. The highest BCUT2D eigenvalue weighted by atomic mass is 16.4. The molecule has 110 valence electrons. The Morgan fingerprint density at radius 2 is 2.11 bits per heavy atom. The Bertz CT molecular complexity index is 327. The maximum absolute atomic E-state index is 11.5. The van der Waals surface area contributed by atoms with Gasteiger partial charge < -0.3 is 5.11 Å². The van der Waals surface area contributed by atoms with Crippen molar-refractivity contribution in [3.05, 3.63) is 0 Å². The molecular weight excluding hydrogens is 238 g/mol. The fourth-order valence-corrected chi connectivity index (χ4v) is 4.03. The molecule has 2 fully saturated rings. The van der Waals surface area contributed by atoms with Crippen LogP contribution < -0.4 is 0 Å². The van der Waals surface area contributed by atoms with E-state index in [0.717, 1.165) is 38.3 Å². The van der Waals surface area contributed by atoms with Crippen molar-refractivity contribution in [2.45, 2.75) is 65.3 Å². The molecule has 3 heteroatoms. The molecule has 2 rings (SSSR count). The summed E-state index contributed by atoms with van der Waals surface area (Å²) in [5, 5.41) is 9.49. The molecule has 3 atom stereocenters. The molecule has 1 aliphatic carbocycles. The normalized spacial score (nSPS) is 35.4. The molecular formula is C16H29NO2. The van der Waals surface area contributed by atoms with Crippen LogP contribution in [0.2, 0.25) is 0 Å². The predicted octanol–water partition coefficient (Wildman–Crippen LogP) is 3.39. The van der Waals surface area contributed by atoms with Crippen molar-refractivity contribution in [3.63, 3.8) is 0 Å². The summed E-state index contributed by atoms with van der Waals surface area (Å²) in [6, 6.07) is 0.282. The van der Waals surface area contributed by atoms with Crippen LogP contribution in [0.4, 0.5) is 0 Å². The molecule has 0 spiro atoms. The average Bonchev–Trinajstić information content (AvgIpc) is 2.69. The molecule has 0 aromatic heterocycles. The van der Waals surface area contributed by atoms with E-state index >= 15 is 0 Å². The van der Waals surface area contributed by atoms with Crippen LogP contribution in [0.1, 0.15) is 59.3 Å². The molecule has 1 aliphatic heterocycles. The Hall–Kier alpha value is -0.570. The standard InChI is InChI=1S/C16H29NO2/c1-4-5-12-6-7-13(15(18)19)14(10-12)17-9-8-16(2,3)11-17/h12-14H,4-11H2,1-3H3,(H,18,19). The number of aliphatic carboxylic acids is 1. The van der Waals surface area contributed by atoms with E-state index in [0.29, 0.717) is 5.41 Å². The lowest BCUT2D eigenvalue weighted by molar-refractivity contribution is -0.146. The summed E-state index contributed by atoms with van der Waals surface area (Å²) in [4.78, 5) is 14.0. The zero-order chi connectivity index (χ0) is 14.0. The molecule has 0 amide bonds.